The molecule has 0 radical (unpaired) electrons. The molecule has 0 saturated heterocycles. The summed E-state index contributed by atoms with van der Waals surface area (Å²) in [5.74, 6) is -0.00522. The van der Waals surface area contributed by atoms with Crippen molar-refractivity contribution in [2.75, 3.05) is 7.11 Å². The van der Waals surface area contributed by atoms with Gasteiger partial charge in [0.15, 0.2) is 11.5 Å². The summed E-state index contributed by atoms with van der Waals surface area (Å²) >= 11 is 0. The van der Waals surface area contributed by atoms with Crippen molar-refractivity contribution in [2.24, 2.45) is 0 Å². The quantitative estimate of drug-likeness (QED) is 0.753. The monoisotopic (exact) mass is 247 g/mol. The highest BCUT2D eigenvalue weighted by atomic mass is 16.5. The molecule has 6 heteroatoms. The first kappa shape index (κ1) is 12.0. The molecule has 0 saturated carbocycles. The number of methoxy groups -OCH3 is 1. The molecular weight excluding hydrogens is 234 g/mol. The van der Waals surface area contributed by atoms with Gasteiger partial charge in [0.05, 0.1) is 19.3 Å². The van der Waals surface area contributed by atoms with E-state index in [0.29, 0.717) is 17.9 Å². The molecule has 0 atom stereocenters. The van der Waals surface area contributed by atoms with Gasteiger partial charge in [0, 0.05) is 11.8 Å². The van der Waals surface area contributed by atoms with E-state index < -0.39 is 0 Å². The Morgan fingerprint density at radius 1 is 1.50 bits per heavy atom. The van der Waals surface area contributed by atoms with Crippen LogP contribution in [0.15, 0.2) is 30.5 Å². The van der Waals surface area contributed by atoms with Crippen LogP contribution in [-0.2, 0) is 6.54 Å². The Morgan fingerprint density at radius 2 is 2.33 bits per heavy atom. The maximum Gasteiger partial charge on any atom is 0.251 e. The summed E-state index contributed by atoms with van der Waals surface area (Å²) in [7, 11) is 1.45. The minimum Gasteiger partial charge on any atom is -0.504 e. The van der Waals surface area contributed by atoms with E-state index in [1.54, 1.807) is 24.4 Å². The molecule has 1 heterocycles. The molecule has 1 aromatic carbocycles. The SMILES string of the molecule is COc1ccc(C(=O)NCc2ccn[nH]2)cc1O. The topological polar surface area (TPSA) is 87.2 Å². The van der Waals surface area contributed by atoms with Crippen molar-refractivity contribution in [3.63, 3.8) is 0 Å². The molecule has 0 aliphatic heterocycles. The first-order valence-corrected chi connectivity index (χ1v) is 5.34. The van der Waals surface area contributed by atoms with Gasteiger partial charge in [-0.2, -0.15) is 5.10 Å². The predicted octanol–water partition coefficient (Wildman–Crippen LogP) is 1.05. The third-order valence-electron chi connectivity index (χ3n) is 2.44. The van der Waals surface area contributed by atoms with Gasteiger partial charge in [0.2, 0.25) is 0 Å². The Balaban J connectivity index is 2.02. The van der Waals surface area contributed by atoms with Gasteiger partial charge in [-0.25, -0.2) is 0 Å². The second-order valence-corrected chi connectivity index (χ2v) is 3.65. The number of hydrogen-bond donors (Lipinski definition) is 3. The van der Waals surface area contributed by atoms with Crippen LogP contribution in [0.2, 0.25) is 0 Å². The summed E-state index contributed by atoms with van der Waals surface area (Å²) in [6, 6.07) is 6.26. The number of phenols is 1. The highest BCUT2D eigenvalue weighted by Crippen LogP contribution is 2.26. The minimum atomic E-state index is -0.275. The van der Waals surface area contributed by atoms with Gasteiger partial charge in [0.1, 0.15) is 0 Å². The van der Waals surface area contributed by atoms with E-state index in [1.165, 1.54) is 13.2 Å². The standard InChI is InChI=1S/C12H13N3O3/c1-18-11-3-2-8(6-10(11)16)12(17)13-7-9-4-5-14-15-9/h2-6,16H,7H2,1H3,(H,13,17)(H,14,15). The van der Waals surface area contributed by atoms with Crippen molar-refractivity contribution in [3.8, 4) is 11.5 Å². The van der Waals surface area contributed by atoms with Gasteiger partial charge in [-0.3, -0.25) is 9.89 Å². The van der Waals surface area contributed by atoms with Gasteiger partial charge in [0.25, 0.3) is 5.91 Å². The molecule has 3 N–H and O–H groups in total. The molecule has 1 amide bonds. The average Bonchev–Trinajstić information content (AvgIpc) is 2.89. The van der Waals surface area contributed by atoms with Gasteiger partial charge in [-0.1, -0.05) is 0 Å². The van der Waals surface area contributed by atoms with Gasteiger partial charge in [-0.15, -0.1) is 0 Å². The lowest BCUT2D eigenvalue weighted by atomic mass is 10.2. The number of ether oxygens (including phenoxy) is 1. The summed E-state index contributed by atoms with van der Waals surface area (Å²) in [5.41, 5.74) is 1.17. The largest absolute Gasteiger partial charge is 0.504 e. The molecular formula is C12H13N3O3. The zero-order valence-corrected chi connectivity index (χ0v) is 9.80. The summed E-state index contributed by atoms with van der Waals surface area (Å²) < 4.78 is 4.90. The number of H-pyrrole nitrogens is 1. The second-order valence-electron chi connectivity index (χ2n) is 3.65. The molecule has 0 aliphatic rings. The molecule has 0 unspecified atom stereocenters. The lowest BCUT2D eigenvalue weighted by Crippen LogP contribution is -2.22. The molecule has 0 aliphatic carbocycles. The number of aromatic nitrogens is 2. The molecule has 6 nitrogen and oxygen atoms in total. The number of nitrogens with zero attached hydrogens (tertiary/aromatic N) is 1. The van der Waals surface area contributed by atoms with Crippen molar-refractivity contribution in [1.29, 1.82) is 0 Å². The van der Waals surface area contributed by atoms with Crippen molar-refractivity contribution >= 4 is 5.91 Å². The normalized spacial score (nSPS) is 10.1. The van der Waals surface area contributed by atoms with E-state index in [1.807, 2.05) is 0 Å². The third-order valence-corrected chi connectivity index (χ3v) is 2.44. The van der Waals surface area contributed by atoms with E-state index in [4.69, 9.17) is 4.74 Å². The van der Waals surface area contributed by atoms with E-state index in [-0.39, 0.29) is 11.7 Å². The summed E-state index contributed by atoms with van der Waals surface area (Å²) in [4.78, 5) is 11.8. The van der Waals surface area contributed by atoms with Crippen molar-refractivity contribution in [3.05, 3.63) is 41.7 Å². The summed E-state index contributed by atoms with van der Waals surface area (Å²) in [5, 5.41) is 18.8. The third kappa shape index (κ3) is 2.60. The number of hydrogen-bond acceptors (Lipinski definition) is 4. The second kappa shape index (κ2) is 5.22. The summed E-state index contributed by atoms with van der Waals surface area (Å²) in [6.45, 7) is 0.353. The Kier molecular flexibility index (Phi) is 3.47. The van der Waals surface area contributed by atoms with Crippen LogP contribution in [0.1, 0.15) is 16.1 Å². The minimum absolute atomic E-state index is 0.0632. The molecule has 94 valence electrons. The fourth-order valence-electron chi connectivity index (χ4n) is 1.49. The maximum atomic E-state index is 11.8. The lowest BCUT2D eigenvalue weighted by molar-refractivity contribution is 0.0950. The van der Waals surface area contributed by atoms with E-state index in [9.17, 15) is 9.90 Å². The summed E-state index contributed by atoms with van der Waals surface area (Å²) in [6.07, 6.45) is 1.61. The Morgan fingerprint density at radius 3 is 2.94 bits per heavy atom. The van der Waals surface area contributed by atoms with Gasteiger partial charge >= 0.3 is 0 Å². The fourth-order valence-corrected chi connectivity index (χ4v) is 1.49. The van der Waals surface area contributed by atoms with Crippen LogP contribution in [0, 0.1) is 0 Å². The van der Waals surface area contributed by atoms with Crippen molar-refractivity contribution in [1.82, 2.24) is 15.5 Å². The van der Waals surface area contributed by atoms with Crippen molar-refractivity contribution in [2.45, 2.75) is 6.54 Å². The zero-order chi connectivity index (χ0) is 13.0. The van der Waals surface area contributed by atoms with Crippen molar-refractivity contribution < 1.29 is 14.6 Å². The molecule has 1 aromatic heterocycles. The van der Waals surface area contributed by atoms with Gasteiger partial charge < -0.3 is 15.2 Å². The smallest absolute Gasteiger partial charge is 0.251 e. The number of aromatic amines is 1. The molecule has 18 heavy (non-hydrogen) atoms. The Labute approximate surface area is 104 Å². The molecule has 0 spiro atoms. The van der Waals surface area contributed by atoms with E-state index in [0.717, 1.165) is 5.69 Å². The maximum absolute atomic E-state index is 11.8. The predicted molar refractivity (Wildman–Crippen MR) is 64.4 cm³/mol. The molecule has 0 bridgehead atoms. The number of nitrogens with one attached hydrogen (secondary N) is 2. The Bertz CT molecular complexity index is 538. The van der Waals surface area contributed by atoms with Crippen LogP contribution in [0.5, 0.6) is 11.5 Å². The first-order valence-electron chi connectivity index (χ1n) is 5.34. The molecule has 2 aromatic rings. The number of benzene rings is 1. The van der Waals surface area contributed by atoms with Crippen LogP contribution in [-0.4, -0.2) is 28.3 Å². The number of carbonyl (C=O) groups excluding carboxylic acids is 1. The lowest BCUT2D eigenvalue weighted by Gasteiger charge is -2.06. The van der Waals surface area contributed by atoms with Crippen LogP contribution in [0.25, 0.3) is 0 Å². The van der Waals surface area contributed by atoms with Crippen LogP contribution in [0.4, 0.5) is 0 Å². The highest BCUT2D eigenvalue weighted by Gasteiger charge is 2.09. The molecule has 0 fully saturated rings. The number of aromatic hydroxyl groups is 1. The highest BCUT2D eigenvalue weighted by molar-refractivity contribution is 5.94. The van der Waals surface area contributed by atoms with E-state index in [2.05, 4.69) is 15.5 Å². The number of phenolic OH excluding ortho intramolecular Hbond substituents is 1. The van der Waals surface area contributed by atoms with Crippen LogP contribution >= 0.6 is 0 Å². The van der Waals surface area contributed by atoms with Crippen LogP contribution < -0.4 is 10.1 Å². The molecule has 2 rings (SSSR count). The van der Waals surface area contributed by atoms with E-state index >= 15 is 0 Å². The van der Waals surface area contributed by atoms with Crippen LogP contribution in [0.3, 0.4) is 0 Å². The number of rotatable bonds is 4. The number of carbonyl (C=O) groups is 1. The Hall–Kier alpha value is -2.50. The zero-order valence-electron chi connectivity index (χ0n) is 9.80. The van der Waals surface area contributed by atoms with Gasteiger partial charge in [-0.05, 0) is 24.3 Å². The average molecular weight is 247 g/mol. The number of amides is 1. The fraction of sp³-hybridized carbons (Fsp3) is 0.167. The first-order chi connectivity index (χ1) is 8.70.